The van der Waals surface area contributed by atoms with Crippen LogP contribution in [0.2, 0.25) is 0 Å². The quantitative estimate of drug-likeness (QED) is 0.611. The van der Waals surface area contributed by atoms with Crippen molar-refractivity contribution in [2.75, 3.05) is 6.54 Å². The Hall–Kier alpha value is -2.20. The summed E-state index contributed by atoms with van der Waals surface area (Å²) >= 11 is 0. The van der Waals surface area contributed by atoms with E-state index in [0.717, 1.165) is 41.6 Å². The van der Waals surface area contributed by atoms with Crippen LogP contribution in [0.1, 0.15) is 35.2 Å². The lowest BCUT2D eigenvalue weighted by molar-refractivity contribution is 0.402. The first-order valence-electron chi connectivity index (χ1n) is 7.77. The van der Waals surface area contributed by atoms with E-state index in [1.807, 2.05) is 19.1 Å². The van der Waals surface area contributed by atoms with Crippen molar-refractivity contribution < 1.29 is 15.3 Å². The number of hydrogen-bond donors (Lipinski definition) is 4. The summed E-state index contributed by atoms with van der Waals surface area (Å²) in [5.41, 5.74) is 5.76. The molecule has 4 rings (SSSR count). The van der Waals surface area contributed by atoms with Crippen molar-refractivity contribution in [1.82, 2.24) is 5.32 Å². The van der Waals surface area contributed by atoms with Gasteiger partial charge in [-0.15, -0.1) is 0 Å². The number of phenolic OH excluding ortho intramolecular Hbond substituents is 3. The van der Waals surface area contributed by atoms with Crippen LogP contribution < -0.4 is 5.32 Å². The van der Waals surface area contributed by atoms with Crippen LogP contribution in [0.15, 0.2) is 18.2 Å². The first-order chi connectivity index (χ1) is 10.6. The Bertz CT molecular complexity index is 783. The van der Waals surface area contributed by atoms with Gasteiger partial charge in [0, 0.05) is 17.2 Å². The van der Waals surface area contributed by atoms with Gasteiger partial charge in [0.25, 0.3) is 0 Å². The molecule has 0 saturated heterocycles. The average molecular weight is 297 g/mol. The summed E-state index contributed by atoms with van der Waals surface area (Å²) in [6.45, 7) is 2.89. The molecule has 0 bridgehead atoms. The van der Waals surface area contributed by atoms with Gasteiger partial charge in [0.15, 0.2) is 11.5 Å². The van der Waals surface area contributed by atoms with Crippen molar-refractivity contribution in [3.8, 4) is 28.4 Å². The van der Waals surface area contributed by atoms with E-state index in [1.54, 1.807) is 0 Å². The molecule has 0 aromatic heterocycles. The molecular formula is C18H19NO3. The summed E-state index contributed by atoms with van der Waals surface area (Å²) in [6.07, 6.45) is 2.33. The summed E-state index contributed by atoms with van der Waals surface area (Å²) in [4.78, 5) is 0. The lowest BCUT2D eigenvalue weighted by Gasteiger charge is -2.36. The van der Waals surface area contributed by atoms with Gasteiger partial charge in [-0.1, -0.05) is 13.0 Å². The first kappa shape index (κ1) is 13.5. The molecule has 0 radical (unpaired) electrons. The maximum Gasteiger partial charge on any atom is 0.165 e. The van der Waals surface area contributed by atoms with Crippen molar-refractivity contribution in [1.29, 1.82) is 0 Å². The number of phenols is 3. The normalized spacial score (nSPS) is 18.7. The summed E-state index contributed by atoms with van der Waals surface area (Å²) < 4.78 is 0. The summed E-state index contributed by atoms with van der Waals surface area (Å²) in [7, 11) is 0. The van der Waals surface area contributed by atoms with E-state index in [9.17, 15) is 15.3 Å². The Morgan fingerprint density at radius 2 is 1.91 bits per heavy atom. The highest BCUT2D eigenvalue weighted by Gasteiger charge is 2.34. The zero-order valence-corrected chi connectivity index (χ0v) is 12.5. The molecule has 2 aliphatic rings. The van der Waals surface area contributed by atoms with Crippen molar-refractivity contribution >= 4 is 0 Å². The predicted octanol–water partition coefficient (Wildman–Crippen LogP) is 2.78. The minimum absolute atomic E-state index is 0.0796. The molecule has 0 fully saturated rings. The number of hydrogen-bond acceptors (Lipinski definition) is 4. The second kappa shape index (κ2) is 4.65. The van der Waals surface area contributed by atoms with E-state index in [-0.39, 0.29) is 23.3 Å². The molecule has 0 spiro atoms. The third-order valence-electron chi connectivity index (χ3n) is 4.94. The molecule has 1 aliphatic heterocycles. The minimum atomic E-state index is -0.111. The largest absolute Gasteiger partial charge is 0.508 e. The lowest BCUT2D eigenvalue weighted by atomic mass is 9.75. The van der Waals surface area contributed by atoms with E-state index in [2.05, 4.69) is 5.32 Å². The standard InChI is InChI=1S/C18H19NO3/c1-2-11-14(21)8-10-5-6-19-12-7-9-3-4-13(20)18(22)16(9)17(11)15(10)12/h3-4,8,12,19-22H,2,5-7H2,1H3. The molecule has 0 saturated carbocycles. The van der Waals surface area contributed by atoms with Gasteiger partial charge in [-0.3, -0.25) is 0 Å². The molecule has 4 heteroatoms. The maximum atomic E-state index is 10.4. The topological polar surface area (TPSA) is 72.7 Å². The van der Waals surface area contributed by atoms with Gasteiger partial charge in [-0.2, -0.15) is 0 Å². The van der Waals surface area contributed by atoms with Crippen LogP contribution in [0.25, 0.3) is 11.1 Å². The average Bonchev–Trinajstić information content (AvgIpc) is 2.51. The highest BCUT2D eigenvalue weighted by molar-refractivity contribution is 5.86. The fourth-order valence-electron chi connectivity index (χ4n) is 3.98. The Balaban J connectivity index is 2.14. The fourth-order valence-corrected chi connectivity index (χ4v) is 3.98. The number of nitrogens with one attached hydrogen (secondary N) is 1. The second-order valence-corrected chi connectivity index (χ2v) is 6.10. The van der Waals surface area contributed by atoms with Gasteiger partial charge in [0.2, 0.25) is 0 Å². The van der Waals surface area contributed by atoms with Crippen LogP contribution in [0, 0.1) is 0 Å². The number of benzene rings is 2. The van der Waals surface area contributed by atoms with Crippen molar-refractivity contribution in [2.45, 2.75) is 32.2 Å². The van der Waals surface area contributed by atoms with E-state index in [4.69, 9.17) is 0 Å². The van der Waals surface area contributed by atoms with Crippen molar-refractivity contribution in [2.24, 2.45) is 0 Å². The van der Waals surface area contributed by atoms with Crippen LogP contribution in [0.5, 0.6) is 17.2 Å². The Labute approximate surface area is 129 Å². The highest BCUT2D eigenvalue weighted by atomic mass is 16.3. The van der Waals surface area contributed by atoms with Gasteiger partial charge in [-0.05, 0) is 60.2 Å². The van der Waals surface area contributed by atoms with Crippen LogP contribution in [0.3, 0.4) is 0 Å². The number of rotatable bonds is 1. The zero-order valence-electron chi connectivity index (χ0n) is 12.5. The van der Waals surface area contributed by atoms with Gasteiger partial charge < -0.3 is 20.6 Å². The molecule has 22 heavy (non-hydrogen) atoms. The number of aromatic hydroxyl groups is 3. The SMILES string of the molecule is CCc1c(O)cc2c3c1-c1c(ccc(O)c1O)CC3NCC2. The van der Waals surface area contributed by atoms with Crippen LogP contribution in [-0.2, 0) is 19.3 Å². The van der Waals surface area contributed by atoms with Crippen LogP contribution in [-0.4, -0.2) is 21.9 Å². The van der Waals surface area contributed by atoms with E-state index in [0.29, 0.717) is 12.0 Å². The summed E-state index contributed by atoms with van der Waals surface area (Å²) in [5, 5.41) is 34.3. The monoisotopic (exact) mass is 297 g/mol. The molecule has 1 aliphatic carbocycles. The Morgan fingerprint density at radius 3 is 2.68 bits per heavy atom. The molecule has 4 nitrogen and oxygen atoms in total. The van der Waals surface area contributed by atoms with Crippen LogP contribution in [0.4, 0.5) is 0 Å². The van der Waals surface area contributed by atoms with E-state index < -0.39 is 0 Å². The summed E-state index contributed by atoms with van der Waals surface area (Å²) in [5.74, 6) is 0.0941. The molecule has 4 N–H and O–H groups in total. The Kier molecular flexibility index (Phi) is 2.84. The van der Waals surface area contributed by atoms with Gasteiger partial charge in [-0.25, -0.2) is 0 Å². The zero-order chi connectivity index (χ0) is 15.4. The smallest absolute Gasteiger partial charge is 0.165 e. The van der Waals surface area contributed by atoms with E-state index in [1.165, 1.54) is 11.6 Å². The molecule has 1 atom stereocenters. The van der Waals surface area contributed by atoms with Crippen molar-refractivity contribution in [3.63, 3.8) is 0 Å². The lowest BCUT2D eigenvalue weighted by Crippen LogP contribution is -2.34. The Morgan fingerprint density at radius 1 is 1.09 bits per heavy atom. The fraction of sp³-hybridized carbons (Fsp3) is 0.333. The molecule has 1 heterocycles. The van der Waals surface area contributed by atoms with Crippen LogP contribution >= 0.6 is 0 Å². The molecule has 114 valence electrons. The highest BCUT2D eigenvalue weighted by Crippen LogP contribution is 2.51. The maximum absolute atomic E-state index is 10.4. The van der Waals surface area contributed by atoms with Crippen molar-refractivity contribution in [3.05, 3.63) is 40.5 Å². The minimum Gasteiger partial charge on any atom is -0.508 e. The predicted molar refractivity (Wildman–Crippen MR) is 84.4 cm³/mol. The third-order valence-corrected chi connectivity index (χ3v) is 4.94. The summed E-state index contributed by atoms with van der Waals surface area (Å²) in [6, 6.07) is 5.49. The molecule has 1 unspecified atom stereocenters. The first-order valence-corrected chi connectivity index (χ1v) is 7.77. The second-order valence-electron chi connectivity index (χ2n) is 6.10. The molecular weight excluding hydrogens is 278 g/mol. The van der Waals surface area contributed by atoms with Gasteiger partial charge in [0.1, 0.15) is 5.75 Å². The molecule has 0 amide bonds. The van der Waals surface area contributed by atoms with Gasteiger partial charge in [0.05, 0.1) is 0 Å². The molecule has 2 aromatic carbocycles. The third kappa shape index (κ3) is 1.67. The van der Waals surface area contributed by atoms with E-state index >= 15 is 0 Å². The molecule has 2 aromatic rings. The van der Waals surface area contributed by atoms with Gasteiger partial charge >= 0.3 is 0 Å². The number of fused-ring (bicyclic) bond motifs is 2.